The highest BCUT2D eigenvalue weighted by Gasteiger charge is 2.28. The highest BCUT2D eigenvalue weighted by molar-refractivity contribution is 5.77. The first kappa shape index (κ1) is 20.9. The summed E-state index contributed by atoms with van der Waals surface area (Å²) in [5, 5.41) is 12.2. The Morgan fingerprint density at radius 3 is 2.55 bits per heavy atom. The number of aliphatic carboxylic acids is 1. The van der Waals surface area contributed by atoms with Gasteiger partial charge in [0.25, 0.3) is 0 Å². The Balaban J connectivity index is 1.66. The number of amides is 2. The molecule has 6 nitrogen and oxygen atoms in total. The van der Waals surface area contributed by atoms with Crippen molar-refractivity contribution in [3.05, 3.63) is 59.7 Å². The molecule has 0 bridgehead atoms. The van der Waals surface area contributed by atoms with Gasteiger partial charge in [-0.1, -0.05) is 48.5 Å². The highest BCUT2D eigenvalue weighted by Crippen LogP contribution is 2.24. The summed E-state index contributed by atoms with van der Waals surface area (Å²) in [5.41, 5.74) is 4.49. The normalized spacial score (nSPS) is 16.7. The summed E-state index contributed by atoms with van der Waals surface area (Å²) < 4.78 is 0. The number of benzene rings is 2. The summed E-state index contributed by atoms with van der Waals surface area (Å²) in [6.45, 7) is 2.18. The molecule has 3 rings (SSSR count). The van der Waals surface area contributed by atoms with Gasteiger partial charge in [-0.05, 0) is 49.2 Å². The van der Waals surface area contributed by atoms with Crippen molar-refractivity contribution in [3.63, 3.8) is 0 Å². The van der Waals surface area contributed by atoms with Crippen molar-refractivity contribution in [1.29, 1.82) is 0 Å². The Labute approximate surface area is 172 Å². The van der Waals surface area contributed by atoms with E-state index >= 15 is 0 Å². The van der Waals surface area contributed by atoms with E-state index in [1.165, 1.54) is 5.56 Å². The first-order valence-corrected chi connectivity index (χ1v) is 10.0. The third-order valence-electron chi connectivity index (χ3n) is 5.27. The van der Waals surface area contributed by atoms with Gasteiger partial charge in [0.2, 0.25) is 0 Å². The zero-order valence-corrected chi connectivity index (χ0v) is 17.1. The number of carbonyl (C=O) groups excluding carboxylic acids is 1. The van der Waals surface area contributed by atoms with E-state index in [1.807, 2.05) is 32.3 Å². The Morgan fingerprint density at radius 2 is 1.86 bits per heavy atom. The SMILES string of the molecule is CN(C)Cc1ccc(-c2ccccc2CNC(=O)N2CCCC(C(=O)O)C2)cc1. The zero-order chi connectivity index (χ0) is 20.8. The number of nitrogens with one attached hydrogen (secondary N) is 1. The van der Waals surface area contributed by atoms with E-state index in [4.69, 9.17) is 0 Å². The number of urea groups is 1. The maximum atomic E-state index is 12.6. The van der Waals surface area contributed by atoms with E-state index < -0.39 is 11.9 Å². The second-order valence-electron chi connectivity index (χ2n) is 7.87. The molecule has 1 aliphatic heterocycles. The number of hydrogen-bond acceptors (Lipinski definition) is 3. The van der Waals surface area contributed by atoms with Crippen LogP contribution in [0.5, 0.6) is 0 Å². The topological polar surface area (TPSA) is 72.9 Å². The van der Waals surface area contributed by atoms with Crippen LogP contribution in [0.15, 0.2) is 48.5 Å². The van der Waals surface area contributed by atoms with Gasteiger partial charge in [0.15, 0.2) is 0 Å². The van der Waals surface area contributed by atoms with Crippen LogP contribution in [0, 0.1) is 5.92 Å². The summed E-state index contributed by atoms with van der Waals surface area (Å²) in [5.74, 6) is -1.30. The van der Waals surface area contributed by atoms with Gasteiger partial charge >= 0.3 is 12.0 Å². The third kappa shape index (κ3) is 5.57. The van der Waals surface area contributed by atoms with Crippen molar-refractivity contribution in [1.82, 2.24) is 15.1 Å². The molecule has 1 heterocycles. The van der Waals surface area contributed by atoms with Crippen LogP contribution in [0.2, 0.25) is 0 Å². The first-order valence-electron chi connectivity index (χ1n) is 10.0. The first-order chi connectivity index (χ1) is 13.9. The number of hydrogen-bond donors (Lipinski definition) is 2. The van der Waals surface area contributed by atoms with Gasteiger partial charge in [-0.15, -0.1) is 0 Å². The lowest BCUT2D eigenvalue weighted by Gasteiger charge is -2.30. The van der Waals surface area contributed by atoms with Crippen LogP contribution in [0.1, 0.15) is 24.0 Å². The van der Waals surface area contributed by atoms with E-state index in [0.717, 1.165) is 29.7 Å². The van der Waals surface area contributed by atoms with Crippen LogP contribution in [0.4, 0.5) is 4.79 Å². The molecule has 1 aliphatic rings. The van der Waals surface area contributed by atoms with Crippen molar-refractivity contribution < 1.29 is 14.7 Å². The average molecular weight is 396 g/mol. The number of carboxylic acids is 1. The molecule has 1 unspecified atom stereocenters. The monoisotopic (exact) mass is 395 g/mol. The number of carbonyl (C=O) groups is 2. The molecule has 6 heteroatoms. The van der Waals surface area contributed by atoms with Gasteiger partial charge in [-0.25, -0.2) is 4.79 Å². The summed E-state index contributed by atoms with van der Waals surface area (Å²) in [6.07, 6.45) is 1.35. The summed E-state index contributed by atoms with van der Waals surface area (Å²) >= 11 is 0. The van der Waals surface area contributed by atoms with Gasteiger partial charge in [0, 0.05) is 26.2 Å². The molecule has 0 saturated carbocycles. The number of piperidine rings is 1. The summed E-state index contributed by atoms with van der Waals surface area (Å²) in [4.78, 5) is 27.5. The molecule has 2 amide bonds. The molecule has 29 heavy (non-hydrogen) atoms. The lowest BCUT2D eigenvalue weighted by atomic mass is 9.98. The molecule has 2 aromatic rings. The van der Waals surface area contributed by atoms with Gasteiger partial charge in [0.1, 0.15) is 0 Å². The van der Waals surface area contributed by atoms with Crippen LogP contribution >= 0.6 is 0 Å². The van der Waals surface area contributed by atoms with Crippen LogP contribution in [-0.2, 0) is 17.9 Å². The van der Waals surface area contributed by atoms with Crippen LogP contribution < -0.4 is 5.32 Å². The minimum absolute atomic E-state index is 0.202. The molecular formula is C23H29N3O3. The van der Waals surface area contributed by atoms with Crippen molar-refractivity contribution in [3.8, 4) is 11.1 Å². The fourth-order valence-electron chi connectivity index (χ4n) is 3.76. The second-order valence-corrected chi connectivity index (χ2v) is 7.87. The lowest BCUT2D eigenvalue weighted by molar-refractivity contribution is -0.143. The molecule has 0 radical (unpaired) electrons. The lowest BCUT2D eigenvalue weighted by Crippen LogP contribution is -2.46. The molecule has 2 aromatic carbocycles. The fourth-order valence-corrected chi connectivity index (χ4v) is 3.76. The second kappa shape index (κ2) is 9.56. The maximum absolute atomic E-state index is 12.6. The predicted molar refractivity (Wildman–Crippen MR) is 113 cm³/mol. The predicted octanol–water partition coefficient (Wildman–Crippen LogP) is 3.42. The molecule has 1 fully saturated rings. The number of carboxylic acid groups (broad SMARTS) is 1. The van der Waals surface area contributed by atoms with Crippen LogP contribution in [0.25, 0.3) is 11.1 Å². The molecule has 1 saturated heterocycles. The van der Waals surface area contributed by atoms with Gasteiger partial charge in [-0.3, -0.25) is 4.79 Å². The van der Waals surface area contributed by atoms with Gasteiger partial charge in [0.05, 0.1) is 5.92 Å². The minimum atomic E-state index is -0.828. The summed E-state index contributed by atoms with van der Waals surface area (Å²) in [6, 6.07) is 16.3. The van der Waals surface area contributed by atoms with Gasteiger partial charge in [-0.2, -0.15) is 0 Å². The van der Waals surface area contributed by atoms with Crippen molar-refractivity contribution in [2.24, 2.45) is 5.92 Å². The van der Waals surface area contributed by atoms with Crippen molar-refractivity contribution in [2.75, 3.05) is 27.2 Å². The smallest absolute Gasteiger partial charge is 0.317 e. The Morgan fingerprint density at radius 1 is 1.14 bits per heavy atom. The van der Waals surface area contributed by atoms with Crippen LogP contribution in [0.3, 0.4) is 0 Å². The molecule has 154 valence electrons. The standard InChI is InChI=1S/C23H29N3O3/c1-25(2)15-17-9-11-18(12-10-17)21-8-4-3-6-19(21)14-24-23(29)26-13-5-7-20(16-26)22(27)28/h3-4,6,8-12,20H,5,7,13-16H2,1-2H3,(H,24,29)(H,27,28). The van der Waals surface area contributed by atoms with Gasteiger partial charge < -0.3 is 20.2 Å². The molecule has 1 atom stereocenters. The third-order valence-corrected chi connectivity index (χ3v) is 5.27. The van der Waals surface area contributed by atoms with E-state index in [9.17, 15) is 14.7 Å². The fraction of sp³-hybridized carbons (Fsp3) is 0.391. The summed E-state index contributed by atoms with van der Waals surface area (Å²) in [7, 11) is 4.10. The average Bonchev–Trinajstić information content (AvgIpc) is 2.72. The number of likely N-dealkylation sites (tertiary alicyclic amines) is 1. The molecule has 0 spiro atoms. The van der Waals surface area contributed by atoms with Crippen molar-refractivity contribution >= 4 is 12.0 Å². The molecular weight excluding hydrogens is 366 g/mol. The van der Waals surface area contributed by atoms with E-state index in [0.29, 0.717) is 19.5 Å². The highest BCUT2D eigenvalue weighted by atomic mass is 16.4. The Kier molecular flexibility index (Phi) is 6.88. The van der Waals surface area contributed by atoms with E-state index in [-0.39, 0.29) is 12.6 Å². The van der Waals surface area contributed by atoms with Crippen molar-refractivity contribution in [2.45, 2.75) is 25.9 Å². The molecule has 0 aromatic heterocycles. The minimum Gasteiger partial charge on any atom is -0.481 e. The Hall–Kier alpha value is -2.86. The van der Waals surface area contributed by atoms with E-state index in [1.54, 1.807) is 4.90 Å². The largest absolute Gasteiger partial charge is 0.481 e. The van der Waals surface area contributed by atoms with Crippen LogP contribution in [-0.4, -0.2) is 54.1 Å². The zero-order valence-electron chi connectivity index (χ0n) is 17.1. The quantitative estimate of drug-likeness (QED) is 0.786. The number of rotatable bonds is 6. The number of nitrogens with zero attached hydrogens (tertiary/aromatic N) is 2. The van der Waals surface area contributed by atoms with E-state index in [2.05, 4.69) is 40.5 Å². The maximum Gasteiger partial charge on any atom is 0.317 e. The molecule has 0 aliphatic carbocycles. The Bertz CT molecular complexity index is 849. The molecule has 2 N–H and O–H groups in total.